The van der Waals surface area contributed by atoms with Crippen LogP contribution in [0.15, 0.2) is 54.1 Å². The number of nitrogens with one attached hydrogen (secondary N) is 4. The highest BCUT2D eigenvalue weighted by Gasteiger charge is 2.27. The summed E-state index contributed by atoms with van der Waals surface area (Å²) < 4.78 is 16.0. The van der Waals surface area contributed by atoms with Gasteiger partial charge in [0, 0.05) is 32.1 Å². The van der Waals surface area contributed by atoms with E-state index in [1.54, 1.807) is 91.0 Å². The molecule has 0 fully saturated rings. The average molecular weight is 745 g/mol. The summed E-state index contributed by atoms with van der Waals surface area (Å²) >= 11 is 0. The van der Waals surface area contributed by atoms with Gasteiger partial charge in [0.05, 0.1) is 0 Å². The summed E-state index contributed by atoms with van der Waals surface area (Å²) in [5, 5.41) is 19.6. The van der Waals surface area contributed by atoms with E-state index in [1.165, 1.54) is 11.8 Å². The Balaban J connectivity index is 3.07. The number of allylic oxidation sites excluding steroid dienone is 1. The molecule has 0 bridgehead atoms. The highest BCUT2D eigenvalue weighted by molar-refractivity contribution is 6.01. The second-order valence-corrected chi connectivity index (χ2v) is 13.8. The molecular formula is C37H56N6O10. The van der Waals surface area contributed by atoms with Gasteiger partial charge in [-0.1, -0.05) is 24.8 Å². The third-order valence-corrected chi connectivity index (χ3v) is 6.74. The number of carboxylic acids is 1. The van der Waals surface area contributed by atoms with Gasteiger partial charge in [-0.3, -0.25) is 30.0 Å². The quantitative estimate of drug-likeness (QED) is 0.0610. The Hall–Kier alpha value is -5.41. The van der Waals surface area contributed by atoms with Gasteiger partial charge in [-0.25, -0.2) is 14.4 Å². The SMILES string of the molecule is C=CCOc1ccc(N(CCC(=O)NC(CCCCN=C(NC(=O)OC(C)(C)C)NC(=O)OC(C)(C)C)C(=O)N[C@@H](CC=CC)C(=O)O)C(C)=O)cc1. The lowest BCUT2D eigenvalue weighted by molar-refractivity contribution is -0.142. The van der Waals surface area contributed by atoms with Crippen LogP contribution in [0.25, 0.3) is 0 Å². The van der Waals surface area contributed by atoms with Gasteiger partial charge >= 0.3 is 18.2 Å². The number of carbonyl (C=O) groups is 6. The fourth-order valence-electron chi connectivity index (χ4n) is 4.42. The molecule has 53 heavy (non-hydrogen) atoms. The van der Waals surface area contributed by atoms with Crippen LogP contribution >= 0.6 is 0 Å². The number of guanidine groups is 1. The maximum absolute atomic E-state index is 13.3. The second-order valence-electron chi connectivity index (χ2n) is 13.8. The molecule has 1 aromatic rings. The fraction of sp³-hybridized carbons (Fsp3) is 0.541. The van der Waals surface area contributed by atoms with E-state index in [2.05, 4.69) is 32.8 Å². The van der Waals surface area contributed by atoms with Crippen molar-refractivity contribution in [3.05, 3.63) is 49.1 Å². The number of hydrogen-bond acceptors (Lipinski definition) is 10. The first-order chi connectivity index (χ1) is 24.7. The minimum atomic E-state index is -1.24. The van der Waals surface area contributed by atoms with Crippen LogP contribution in [-0.2, 0) is 28.7 Å². The zero-order valence-corrected chi connectivity index (χ0v) is 32.1. The molecule has 16 nitrogen and oxygen atoms in total. The molecule has 5 N–H and O–H groups in total. The van der Waals surface area contributed by atoms with Crippen molar-refractivity contribution >= 4 is 47.5 Å². The molecule has 0 spiro atoms. The van der Waals surface area contributed by atoms with E-state index in [-0.39, 0.29) is 44.2 Å². The molecule has 0 aliphatic rings. The van der Waals surface area contributed by atoms with Gasteiger partial charge in [0.2, 0.25) is 23.7 Å². The third kappa shape index (κ3) is 20.3. The van der Waals surface area contributed by atoms with Crippen molar-refractivity contribution in [3.8, 4) is 5.75 Å². The molecule has 0 radical (unpaired) electrons. The first kappa shape index (κ1) is 45.6. The predicted octanol–water partition coefficient (Wildman–Crippen LogP) is 4.59. The van der Waals surface area contributed by atoms with Gasteiger partial charge in [-0.15, -0.1) is 0 Å². The number of aliphatic imine (C=N–C) groups is 1. The van der Waals surface area contributed by atoms with Gasteiger partial charge in [0.15, 0.2) is 0 Å². The summed E-state index contributed by atoms with van der Waals surface area (Å²) in [6, 6.07) is 4.40. The van der Waals surface area contributed by atoms with Crippen LogP contribution in [0.4, 0.5) is 15.3 Å². The topological polar surface area (TPSA) is 214 Å². The molecule has 294 valence electrons. The second kappa shape index (κ2) is 22.5. The lowest BCUT2D eigenvalue weighted by atomic mass is 10.1. The van der Waals surface area contributed by atoms with Crippen molar-refractivity contribution in [2.24, 2.45) is 4.99 Å². The van der Waals surface area contributed by atoms with Crippen LogP contribution in [0.5, 0.6) is 5.75 Å². The highest BCUT2D eigenvalue weighted by Crippen LogP contribution is 2.20. The highest BCUT2D eigenvalue weighted by atomic mass is 16.6. The molecule has 0 aliphatic carbocycles. The third-order valence-electron chi connectivity index (χ3n) is 6.74. The Morgan fingerprint density at radius 1 is 0.906 bits per heavy atom. The summed E-state index contributed by atoms with van der Waals surface area (Å²) in [5.74, 6) is -2.40. The summed E-state index contributed by atoms with van der Waals surface area (Å²) in [6.07, 6.45) is 3.80. The number of benzene rings is 1. The molecule has 0 aliphatic heterocycles. The number of unbranched alkanes of at least 4 members (excludes halogenated alkanes) is 1. The van der Waals surface area contributed by atoms with E-state index in [1.807, 2.05) is 0 Å². The Kier molecular flexibility index (Phi) is 19.4. The predicted molar refractivity (Wildman–Crippen MR) is 201 cm³/mol. The Morgan fingerprint density at radius 3 is 1.98 bits per heavy atom. The van der Waals surface area contributed by atoms with Crippen molar-refractivity contribution in [1.29, 1.82) is 0 Å². The number of carbonyl (C=O) groups excluding carboxylic acids is 5. The molecule has 0 saturated heterocycles. The molecule has 1 aromatic carbocycles. The minimum Gasteiger partial charge on any atom is -0.490 e. The number of aliphatic carboxylic acids is 1. The van der Waals surface area contributed by atoms with Crippen LogP contribution in [-0.4, -0.2) is 89.9 Å². The number of rotatable bonds is 18. The Morgan fingerprint density at radius 2 is 1.49 bits per heavy atom. The van der Waals surface area contributed by atoms with Crippen LogP contribution < -0.4 is 30.9 Å². The first-order valence-corrected chi connectivity index (χ1v) is 17.3. The summed E-state index contributed by atoms with van der Waals surface area (Å²) in [7, 11) is 0. The van der Waals surface area contributed by atoms with Crippen LogP contribution in [0.3, 0.4) is 0 Å². The molecule has 0 saturated carbocycles. The molecule has 5 amide bonds. The van der Waals surface area contributed by atoms with Crippen molar-refractivity contribution in [2.45, 2.75) is 111 Å². The molecule has 16 heteroatoms. The standard InChI is InChI=1S/C37H56N6O10/c1-10-12-15-29(32(47)48)40-31(46)28(39-30(45)21-23-43(25(3)44)26-17-19-27(20-18-26)51-24-11-2)16-13-14-22-38-33(41-34(49)52-36(4,5)6)42-35(50)53-37(7,8)9/h10-12,17-20,28-29H,2,13-16,21-24H2,1,3-9H3,(H,39,45)(H,40,46)(H,47,48)(H2,38,41,42,49,50)/t28?,29-/m0/s1. The number of hydrogen-bond donors (Lipinski definition) is 5. The van der Waals surface area contributed by atoms with Crippen LogP contribution in [0.2, 0.25) is 0 Å². The smallest absolute Gasteiger partial charge is 0.414 e. The van der Waals surface area contributed by atoms with Gasteiger partial charge in [-0.2, -0.15) is 0 Å². The summed E-state index contributed by atoms with van der Waals surface area (Å²) in [5.41, 5.74) is -1.09. The zero-order chi connectivity index (χ0) is 40.2. The largest absolute Gasteiger partial charge is 0.490 e. The van der Waals surface area contributed by atoms with E-state index in [4.69, 9.17) is 14.2 Å². The molecule has 0 aromatic heterocycles. The number of anilines is 1. The number of alkyl carbamates (subject to hydrolysis) is 2. The Labute approximate surface area is 311 Å². The maximum atomic E-state index is 13.3. The molecule has 2 atom stereocenters. The number of nitrogens with zero attached hydrogens (tertiary/aromatic N) is 2. The van der Waals surface area contributed by atoms with Crippen LogP contribution in [0.1, 0.15) is 87.5 Å². The monoisotopic (exact) mass is 744 g/mol. The van der Waals surface area contributed by atoms with Crippen molar-refractivity contribution in [1.82, 2.24) is 21.3 Å². The van der Waals surface area contributed by atoms with E-state index < -0.39 is 53.3 Å². The maximum Gasteiger partial charge on any atom is 0.414 e. The first-order valence-electron chi connectivity index (χ1n) is 17.3. The van der Waals surface area contributed by atoms with E-state index in [9.17, 15) is 33.9 Å². The van der Waals surface area contributed by atoms with E-state index in [0.29, 0.717) is 30.9 Å². The van der Waals surface area contributed by atoms with Crippen LogP contribution in [0, 0.1) is 0 Å². The summed E-state index contributed by atoms with van der Waals surface area (Å²) in [6.45, 7) is 17.2. The fourth-order valence-corrected chi connectivity index (χ4v) is 4.42. The van der Waals surface area contributed by atoms with Gasteiger partial charge in [0.25, 0.3) is 0 Å². The number of carboxylic acid groups (broad SMARTS) is 1. The van der Waals surface area contributed by atoms with Crippen molar-refractivity contribution < 1.29 is 48.1 Å². The van der Waals surface area contributed by atoms with Gasteiger partial charge in [0.1, 0.15) is 35.6 Å². The molecule has 0 heterocycles. The van der Waals surface area contributed by atoms with Gasteiger partial charge < -0.3 is 34.9 Å². The Bertz CT molecular complexity index is 1430. The zero-order valence-electron chi connectivity index (χ0n) is 32.1. The van der Waals surface area contributed by atoms with Crippen molar-refractivity contribution in [2.75, 3.05) is 24.6 Å². The average Bonchev–Trinajstić information content (AvgIpc) is 3.03. The van der Waals surface area contributed by atoms with Crippen molar-refractivity contribution in [3.63, 3.8) is 0 Å². The number of ether oxygens (including phenoxy) is 3. The minimum absolute atomic E-state index is 0.00814. The normalized spacial score (nSPS) is 12.4. The lowest BCUT2D eigenvalue weighted by Crippen LogP contribution is -2.51. The molecular weight excluding hydrogens is 688 g/mol. The lowest BCUT2D eigenvalue weighted by Gasteiger charge is -2.23. The molecule has 1 unspecified atom stereocenters. The van der Waals surface area contributed by atoms with E-state index >= 15 is 0 Å². The van der Waals surface area contributed by atoms with E-state index in [0.717, 1.165) is 0 Å². The van der Waals surface area contributed by atoms with Gasteiger partial charge in [-0.05, 0) is 98.4 Å². The number of amides is 5. The molecule has 1 rings (SSSR count). The summed E-state index contributed by atoms with van der Waals surface area (Å²) in [4.78, 5) is 81.2.